The van der Waals surface area contributed by atoms with Gasteiger partial charge >= 0.3 is 0 Å². The van der Waals surface area contributed by atoms with Crippen molar-refractivity contribution in [2.24, 2.45) is 7.05 Å². The van der Waals surface area contributed by atoms with Crippen LogP contribution >= 0.6 is 0 Å². The molecule has 3 aromatic heterocycles. The molecule has 0 atom stereocenters. The van der Waals surface area contributed by atoms with Crippen molar-refractivity contribution in [3.05, 3.63) is 54.7 Å². The fraction of sp³-hybridized carbons (Fsp3) is 0.167. The highest BCUT2D eigenvalue weighted by molar-refractivity contribution is 5.57. The number of hydrogen-bond donors (Lipinski definition) is 1. The van der Waals surface area contributed by atoms with Crippen LogP contribution in [-0.4, -0.2) is 42.0 Å². The summed E-state index contributed by atoms with van der Waals surface area (Å²) in [6.07, 6.45) is 3.43. The van der Waals surface area contributed by atoms with Gasteiger partial charge in [0.1, 0.15) is 5.75 Å². The molecule has 27 heavy (non-hydrogen) atoms. The maximum atomic E-state index is 9.59. The van der Waals surface area contributed by atoms with Crippen LogP contribution in [0.3, 0.4) is 0 Å². The first-order valence-corrected chi connectivity index (χ1v) is 8.25. The summed E-state index contributed by atoms with van der Waals surface area (Å²) in [6, 6.07) is 10.5. The Labute approximate surface area is 154 Å². The number of phenolic OH excluding ortho intramolecular Hbond substituents is 1. The number of nitrogens with zero attached hydrogens (tertiary/aromatic N) is 7. The second-order valence-electron chi connectivity index (χ2n) is 6.04. The second kappa shape index (κ2) is 6.87. The van der Waals surface area contributed by atoms with Crippen molar-refractivity contribution in [3.63, 3.8) is 0 Å². The fourth-order valence-electron chi connectivity index (χ4n) is 2.76. The largest absolute Gasteiger partial charge is 0.508 e. The molecule has 0 aliphatic rings. The van der Waals surface area contributed by atoms with Gasteiger partial charge in [0.25, 0.3) is 0 Å². The molecule has 0 amide bonds. The highest BCUT2D eigenvalue weighted by atomic mass is 16.5. The number of hydrogen-bond acceptors (Lipinski definition) is 8. The van der Waals surface area contributed by atoms with Crippen molar-refractivity contribution in [1.29, 1.82) is 0 Å². The topological polar surface area (TPSA) is 106 Å². The van der Waals surface area contributed by atoms with Gasteiger partial charge in [0.15, 0.2) is 5.82 Å². The minimum atomic E-state index is 0.152. The second-order valence-corrected chi connectivity index (χ2v) is 6.04. The van der Waals surface area contributed by atoms with Crippen LogP contribution in [0.5, 0.6) is 5.75 Å². The lowest BCUT2D eigenvalue weighted by atomic mass is 10.2. The normalized spacial score (nSPS) is 10.9. The molecule has 0 aliphatic heterocycles. The smallest absolute Gasteiger partial charge is 0.246 e. The SMILES string of the molecule is CN(Cc1nc(-c2cccc(O)c2)no1)c1nnc(-c2ccncc2)n1C. The third-order valence-corrected chi connectivity index (χ3v) is 4.08. The molecular weight excluding hydrogens is 346 g/mol. The van der Waals surface area contributed by atoms with E-state index in [0.29, 0.717) is 29.8 Å². The molecule has 136 valence electrons. The Bertz CT molecular complexity index is 1060. The number of phenols is 1. The Hall–Kier alpha value is -3.75. The van der Waals surface area contributed by atoms with Crippen LogP contribution in [-0.2, 0) is 13.6 Å². The van der Waals surface area contributed by atoms with Gasteiger partial charge in [-0.25, -0.2) is 0 Å². The Kier molecular flexibility index (Phi) is 4.25. The fourth-order valence-corrected chi connectivity index (χ4v) is 2.76. The zero-order chi connectivity index (χ0) is 18.8. The van der Waals surface area contributed by atoms with Crippen molar-refractivity contribution in [2.45, 2.75) is 6.54 Å². The predicted octanol–water partition coefficient (Wildman–Crippen LogP) is 2.27. The molecule has 4 rings (SSSR count). The van der Waals surface area contributed by atoms with Gasteiger partial charge in [-0.3, -0.25) is 9.55 Å². The zero-order valence-electron chi connectivity index (χ0n) is 14.8. The van der Waals surface area contributed by atoms with E-state index in [2.05, 4.69) is 25.3 Å². The Morgan fingerprint density at radius 1 is 1.11 bits per heavy atom. The van der Waals surface area contributed by atoms with E-state index in [-0.39, 0.29) is 5.75 Å². The number of rotatable bonds is 5. The van der Waals surface area contributed by atoms with E-state index in [4.69, 9.17) is 4.52 Å². The third-order valence-electron chi connectivity index (χ3n) is 4.08. The number of benzene rings is 1. The van der Waals surface area contributed by atoms with Gasteiger partial charge in [-0.1, -0.05) is 17.3 Å². The summed E-state index contributed by atoms with van der Waals surface area (Å²) in [6.45, 7) is 0.369. The Morgan fingerprint density at radius 3 is 2.70 bits per heavy atom. The number of anilines is 1. The average molecular weight is 363 g/mol. The van der Waals surface area contributed by atoms with Crippen LogP contribution in [0.15, 0.2) is 53.3 Å². The molecule has 9 nitrogen and oxygen atoms in total. The quantitative estimate of drug-likeness (QED) is 0.575. The van der Waals surface area contributed by atoms with Gasteiger partial charge in [-0.05, 0) is 24.3 Å². The maximum absolute atomic E-state index is 9.59. The molecule has 0 saturated heterocycles. The molecule has 0 fully saturated rings. The molecule has 3 heterocycles. The molecule has 1 aromatic carbocycles. The summed E-state index contributed by atoms with van der Waals surface area (Å²) in [7, 11) is 3.77. The Balaban J connectivity index is 1.53. The van der Waals surface area contributed by atoms with Gasteiger partial charge in [0.05, 0.1) is 6.54 Å². The first kappa shape index (κ1) is 16.7. The molecular formula is C18H17N7O2. The molecule has 0 radical (unpaired) electrons. The van der Waals surface area contributed by atoms with Gasteiger partial charge in [0.2, 0.25) is 17.7 Å². The summed E-state index contributed by atoms with van der Waals surface area (Å²) in [4.78, 5) is 10.3. The van der Waals surface area contributed by atoms with E-state index in [9.17, 15) is 5.11 Å². The van der Waals surface area contributed by atoms with Crippen molar-refractivity contribution in [2.75, 3.05) is 11.9 Å². The highest BCUT2D eigenvalue weighted by Gasteiger charge is 2.17. The van der Waals surface area contributed by atoms with E-state index in [1.54, 1.807) is 30.6 Å². The Morgan fingerprint density at radius 2 is 1.93 bits per heavy atom. The summed E-state index contributed by atoms with van der Waals surface area (Å²) in [5, 5.41) is 22.1. The van der Waals surface area contributed by atoms with E-state index >= 15 is 0 Å². The van der Waals surface area contributed by atoms with Crippen molar-refractivity contribution in [1.82, 2.24) is 29.9 Å². The van der Waals surface area contributed by atoms with Gasteiger partial charge in [0, 0.05) is 37.6 Å². The van der Waals surface area contributed by atoms with Crippen LogP contribution in [0.1, 0.15) is 5.89 Å². The van der Waals surface area contributed by atoms with E-state index < -0.39 is 0 Å². The summed E-state index contributed by atoms with van der Waals surface area (Å²) >= 11 is 0. The average Bonchev–Trinajstić information content (AvgIpc) is 3.29. The van der Waals surface area contributed by atoms with Gasteiger partial charge in [-0.2, -0.15) is 4.98 Å². The number of aromatic hydroxyl groups is 1. The molecule has 0 spiro atoms. The lowest BCUT2D eigenvalue weighted by Gasteiger charge is -2.15. The third kappa shape index (κ3) is 3.34. The molecule has 0 saturated carbocycles. The van der Waals surface area contributed by atoms with Crippen LogP contribution in [0.4, 0.5) is 5.95 Å². The predicted molar refractivity (Wildman–Crippen MR) is 97.7 cm³/mol. The minimum Gasteiger partial charge on any atom is -0.508 e. The minimum absolute atomic E-state index is 0.152. The van der Waals surface area contributed by atoms with Crippen LogP contribution in [0.2, 0.25) is 0 Å². The summed E-state index contributed by atoms with van der Waals surface area (Å²) < 4.78 is 7.22. The monoisotopic (exact) mass is 363 g/mol. The van der Waals surface area contributed by atoms with Crippen molar-refractivity contribution >= 4 is 5.95 Å². The highest BCUT2D eigenvalue weighted by Crippen LogP contribution is 2.23. The zero-order valence-corrected chi connectivity index (χ0v) is 14.8. The molecule has 0 unspecified atom stereocenters. The molecule has 4 aromatic rings. The summed E-state index contributed by atoms with van der Waals surface area (Å²) in [5.41, 5.74) is 1.62. The van der Waals surface area contributed by atoms with E-state index in [1.807, 2.05) is 41.8 Å². The standard InChI is InChI=1S/C18H17N7O2/c1-24(18-22-21-17(25(18)2)12-6-8-19-9-7-12)11-15-20-16(23-27-15)13-4-3-5-14(26)10-13/h3-10,26H,11H2,1-2H3. The van der Waals surface area contributed by atoms with Crippen molar-refractivity contribution < 1.29 is 9.63 Å². The molecule has 1 N–H and O–H groups in total. The number of aromatic nitrogens is 6. The van der Waals surface area contributed by atoms with Gasteiger partial charge < -0.3 is 14.5 Å². The summed E-state index contributed by atoms with van der Waals surface area (Å²) in [5.74, 6) is 2.41. The maximum Gasteiger partial charge on any atom is 0.246 e. The molecule has 0 aliphatic carbocycles. The first-order chi connectivity index (χ1) is 13.1. The first-order valence-electron chi connectivity index (χ1n) is 8.25. The van der Waals surface area contributed by atoms with Gasteiger partial charge in [-0.15, -0.1) is 10.2 Å². The molecule has 9 heteroatoms. The van der Waals surface area contributed by atoms with Crippen LogP contribution < -0.4 is 4.90 Å². The van der Waals surface area contributed by atoms with Crippen LogP contribution in [0.25, 0.3) is 22.8 Å². The lowest BCUT2D eigenvalue weighted by Crippen LogP contribution is -2.20. The van der Waals surface area contributed by atoms with E-state index in [0.717, 1.165) is 11.4 Å². The van der Waals surface area contributed by atoms with Crippen molar-refractivity contribution in [3.8, 4) is 28.5 Å². The molecule has 0 bridgehead atoms. The number of pyridine rings is 1. The van der Waals surface area contributed by atoms with Crippen LogP contribution in [0, 0.1) is 0 Å². The lowest BCUT2D eigenvalue weighted by molar-refractivity contribution is 0.377. The van der Waals surface area contributed by atoms with E-state index in [1.165, 1.54) is 0 Å².